The van der Waals surface area contributed by atoms with E-state index in [0.717, 1.165) is 0 Å². The van der Waals surface area contributed by atoms with Gasteiger partial charge in [-0.15, -0.1) is 0 Å². The summed E-state index contributed by atoms with van der Waals surface area (Å²) < 4.78 is 5.32. The molecule has 2 rings (SSSR count). The van der Waals surface area contributed by atoms with Gasteiger partial charge in [0, 0.05) is 25.0 Å². The normalized spacial score (nSPS) is 10.0. The third kappa shape index (κ3) is 2.91. The van der Waals surface area contributed by atoms with Crippen molar-refractivity contribution in [2.75, 3.05) is 19.1 Å². The topological polar surface area (TPSA) is 59.5 Å². The molecule has 21 heavy (non-hydrogen) atoms. The molecule has 0 saturated heterocycles. The average Bonchev–Trinajstić information content (AvgIpc) is 2.53. The van der Waals surface area contributed by atoms with Gasteiger partial charge in [-0.1, -0.05) is 6.07 Å². The van der Waals surface area contributed by atoms with Gasteiger partial charge >= 0.3 is 0 Å². The second-order valence-electron chi connectivity index (χ2n) is 4.51. The monoisotopic (exact) mass is 284 g/mol. The van der Waals surface area contributed by atoms with Crippen molar-refractivity contribution in [3.8, 4) is 5.75 Å². The van der Waals surface area contributed by atoms with Crippen molar-refractivity contribution < 1.29 is 14.3 Å². The molecular formula is C16H16N2O3. The van der Waals surface area contributed by atoms with Crippen molar-refractivity contribution in [3.63, 3.8) is 0 Å². The van der Waals surface area contributed by atoms with E-state index in [1.165, 1.54) is 18.9 Å². The van der Waals surface area contributed by atoms with E-state index >= 15 is 0 Å². The molecular weight excluding hydrogens is 268 g/mol. The fraction of sp³-hybridized carbons (Fsp3) is 0.188. The zero-order chi connectivity index (χ0) is 15.4. The zero-order valence-corrected chi connectivity index (χ0v) is 12.2. The summed E-state index contributed by atoms with van der Waals surface area (Å²) >= 11 is 0. The van der Waals surface area contributed by atoms with Crippen molar-refractivity contribution in [2.45, 2.75) is 6.92 Å². The van der Waals surface area contributed by atoms with Crippen LogP contribution in [0.25, 0.3) is 0 Å². The standard InChI is InChI=1S/C16H16N2O3/c1-11(19)13-5-4-6-14(15(13)21-3)18(2)16(20)12-7-9-17-10-8-12/h4-10H,1-3H3. The van der Waals surface area contributed by atoms with Crippen LogP contribution in [0.1, 0.15) is 27.6 Å². The second-order valence-corrected chi connectivity index (χ2v) is 4.51. The average molecular weight is 284 g/mol. The van der Waals surface area contributed by atoms with Gasteiger partial charge in [0.2, 0.25) is 0 Å². The van der Waals surface area contributed by atoms with Crippen molar-refractivity contribution in [2.24, 2.45) is 0 Å². The molecule has 1 aromatic heterocycles. The van der Waals surface area contributed by atoms with Crippen LogP contribution in [0.5, 0.6) is 5.75 Å². The zero-order valence-electron chi connectivity index (χ0n) is 12.2. The van der Waals surface area contributed by atoms with Crippen molar-refractivity contribution in [3.05, 3.63) is 53.9 Å². The highest BCUT2D eigenvalue weighted by Crippen LogP contribution is 2.32. The predicted octanol–water partition coefficient (Wildman–Crippen LogP) is 2.57. The Morgan fingerprint density at radius 3 is 2.38 bits per heavy atom. The number of anilines is 1. The summed E-state index contributed by atoms with van der Waals surface area (Å²) in [6.45, 7) is 1.46. The number of carbonyl (C=O) groups is 2. The van der Waals surface area contributed by atoms with Crippen molar-refractivity contribution >= 4 is 17.4 Å². The van der Waals surface area contributed by atoms with Gasteiger partial charge in [0.15, 0.2) is 11.5 Å². The van der Waals surface area contributed by atoms with Gasteiger partial charge in [0.25, 0.3) is 5.91 Å². The van der Waals surface area contributed by atoms with Crippen LogP contribution < -0.4 is 9.64 Å². The first-order valence-corrected chi connectivity index (χ1v) is 6.42. The minimum atomic E-state index is -0.198. The van der Waals surface area contributed by atoms with Crippen LogP contribution in [-0.2, 0) is 0 Å². The third-order valence-electron chi connectivity index (χ3n) is 3.17. The molecule has 0 aliphatic heterocycles. The van der Waals surface area contributed by atoms with Gasteiger partial charge in [-0.05, 0) is 31.2 Å². The first kappa shape index (κ1) is 14.7. The SMILES string of the molecule is COc1c(C(C)=O)cccc1N(C)C(=O)c1ccncc1. The van der Waals surface area contributed by atoms with Crippen molar-refractivity contribution in [1.29, 1.82) is 0 Å². The Labute approximate surface area is 123 Å². The van der Waals surface area contributed by atoms with Gasteiger partial charge in [0.1, 0.15) is 0 Å². The molecule has 0 N–H and O–H groups in total. The molecule has 5 nitrogen and oxygen atoms in total. The molecule has 0 unspecified atom stereocenters. The fourth-order valence-corrected chi connectivity index (χ4v) is 2.08. The highest BCUT2D eigenvalue weighted by molar-refractivity contribution is 6.08. The largest absolute Gasteiger partial charge is 0.494 e. The van der Waals surface area contributed by atoms with Crippen LogP contribution in [0.4, 0.5) is 5.69 Å². The molecule has 0 aliphatic carbocycles. The van der Waals surface area contributed by atoms with Gasteiger partial charge in [0.05, 0.1) is 18.4 Å². The highest BCUT2D eigenvalue weighted by Gasteiger charge is 2.20. The molecule has 0 radical (unpaired) electrons. The van der Waals surface area contributed by atoms with Gasteiger partial charge < -0.3 is 9.64 Å². The number of carbonyl (C=O) groups excluding carboxylic acids is 2. The van der Waals surface area contributed by atoms with Crippen LogP contribution in [0.2, 0.25) is 0 Å². The van der Waals surface area contributed by atoms with E-state index in [1.54, 1.807) is 49.8 Å². The molecule has 0 fully saturated rings. The lowest BCUT2D eigenvalue weighted by Gasteiger charge is -2.21. The van der Waals surface area contributed by atoms with E-state index in [4.69, 9.17) is 4.74 Å². The van der Waals surface area contributed by atoms with Gasteiger partial charge in [-0.2, -0.15) is 0 Å². The van der Waals surface area contributed by atoms with Crippen LogP contribution in [-0.4, -0.2) is 30.8 Å². The molecule has 1 amide bonds. The molecule has 1 aromatic carbocycles. The van der Waals surface area contributed by atoms with Crippen LogP contribution in [0.3, 0.4) is 0 Å². The molecule has 2 aromatic rings. The number of amides is 1. The highest BCUT2D eigenvalue weighted by atomic mass is 16.5. The summed E-state index contributed by atoms with van der Waals surface area (Å²) in [6, 6.07) is 8.42. The van der Waals surface area contributed by atoms with E-state index in [1.807, 2.05) is 0 Å². The van der Waals surface area contributed by atoms with Gasteiger partial charge in [-0.3, -0.25) is 14.6 Å². The predicted molar refractivity (Wildman–Crippen MR) is 80.0 cm³/mol. The minimum Gasteiger partial charge on any atom is -0.494 e. The lowest BCUT2D eigenvalue weighted by molar-refractivity contribution is 0.0986. The number of rotatable bonds is 4. The summed E-state index contributed by atoms with van der Waals surface area (Å²) in [5.74, 6) is 0.0877. The number of nitrogens with zero attached hydrogens (tertiary/aromatic N) is 2. The van der Waals surface area contributed by atoms with Crippen LogP contribution in [0.15, 0.2) is 42.7 Å². The van der Waals surface area contributed by atoms with E-state index in [-0.39, 0.29) is 11.7 Å². The molecule has 0 atom stereocenters. The van der Waals surface area contributed by atoms with E-state index in [9.17, 15) is 9.59 Å². The maximum absolute atomic E-state index is 12.5. The lowest BCUT2D eigenvalue weighted by Crippen LogP contribution is -2.27. The Balaban J connectivity index is 2.44. The number of ether oxygens (including phenoxy) is 1. The number of aromatic nitrogens is 1. The quantitative estimate of drug-likeness (QED) is 0.810. The Hall–Kier alpha value is -2.69. The molecule has 1 heterocycles. The summed E-state index contributed by atoms with van der Waals surface area (Å²) in [4.78, 5) is 29.4. The first-order chi connectivity index (χ1) is 10.1. The summed E-state index contributed by atoms with van der Waals surface area (Å²) in [7, 11) is 3.13. The number of ketones is 1. The Kier molecular flexibility index (Phi) is 4.33. The minimum absolute atomic E-state index is 0.113. The molecule has 0 spiro atoms. The molecule has 108 valence electrons. The van der Waals surface area contributed by atoms with Gasteiger partial charge in [-0.25, -0.2) is 0 Å². The van der Waals surface area contributed by atoms with Crippen molar-refractivity contribution in [1.82, 2.24) is 4.98 Å². The van der Waals surface area contributed by atoms with E-state index in [2.05, 4.69) is 4.98 Å². The van der Waals surface area contributed by atoms with Crippen LogP contribution in [0, 0.1) is 0 Å². The number of hydrogen-bond acceptors (Lipinski definition) is 4. The van der Waals surface area contributed by atoms with Crippen LogP contribution >= 0.6 is 0 Å². The second kappa shape index (κ2) is 6.17. The summed E-state index contributed by atoms with van der Waals surface area (Å²) in [5, 5.41) is 0. The first-order valence-electron chi connectivity index (χ1n) is 6.42. The summed E-state index contributed by atoms with van der Waals surface area (Å²) in [5.41, 5.74) is 1.51. The molecule has 0 bridgehead atoms. The number of para-hydroxylation sites is 1. The van der Waals surface area contributed by atoms with E-state index in [0.29, 0.717) is 22.6 Å². The number of pyridine rings is 1. The molecule has 0 aliphatic rings. The molecule has 5 heteroatoms. The van der Waals surface area contributed by atoms with E-state index < -0.39 is 0 Å². The lowest BCUT2D eigenvalue weighted by atomic mass is 10.1. The Morgan fingerprint density at radius 2 is 1.81 bits per heavy atom. The maximum atomic E-state index is 12.5. The Morgan fingerprint density at radius 1 is 1.14 bits per heavy atom. The third-order valence-corrected chi connectivity index (χ3v) is 3.17. The number of methoxy groups -OCH3 is 1. The maximum Gasteiger partial charge on any atom is 0.258 e. The Bertz CT molecular complexity index is 668. The number of benzene rings is 1. The number of hydrogen-bond donors (Lipinski definition) is 0. The molecule has 0 saturated carbocycles. The smallest absolute Gasteiger partial charge is 0.258 e. The number of Topliss-reactive ketones (excluding diaryl/α,β-unsaturated/α-hetero) is 1. The summed E-state index contributed by atoms with van der Waals surface area (Å²) in [6.07, 6.45) is 3.12. The fourth-order valence-electron chi connectivity index (χ4n) is 2.08.